The van der Waals surface area contributed by atoms with Gasteiger partial charge in [0.15, 0.2) is 6.61 Å². The molecule has 0 unspecified atom stereocenters. The van der Waals surface area contributed by atoms with Crippen LogP contribution in [0.25, 0.3) is 22.8 Å². The number of carbonyl (C=O) groups excluding carboxylic acids is 1. The summed E-state index contributed by atoms with van der Waals surface area (Å²) in [5.41, 5.74) is 3.35. The maximum absolute atomic E-state index is 12.1. The Morgan fingerprint density at radius 3 is 2.60 bits per heavy atom. The molecule has 0 spiro atoms. The third-order valence-electron chi connectivity index (χ3n) is 4.28. The molecule has 150 valence electrons. The zero-order valence-electron chi connectivity index (χ0n) is 16.1. The number of rotatable bonds is 6. The SMILES string of the molecule is Cc1cccc(-c2nc(-c3cccc(OCC(=O)Nc4ccc(Cl)cc4)c3)no2)c1. The molecule has 0 fully saturated rings. The number of ether oxygens (including phenoxy) is 1. The Kier molecular flexibility index (Phi) is 5.77. The number of nitrogens with zero attached hydrogens (tertiary/aromatic N) is 2. The van der Waals surface area contributed by atoms with Gasteiger partial charge in [-0.05, 0) is 55.5 Å². The number of benzene rings is 3. The van der Waals surface area contributed by atoms with Gasteiger partial charge >= 0.3 is 0 Å². The first kappa shape index (κ1) is 19.7. The molecule has 3 aromatic carbocycles. The van der Waals surface area contributed by atoms with E-state index in [1.807, 2.05) is 43.3 Å². The van der Waals surface area contributed by atoms with Crippen LogP contribution in [0.5, 0.6) is 5.75 Å². The Balaban J connectivity index is 1.41. The van der Waals surface area contributed by atoms with Gasteiger partial charge in [-0.1, -0.05) is 46.6 Å². The fourth-order valence-electron chi connectivity index (χ4n) is 2.84. The minimum Gasteiger partial charge on any atom is -0.484 e. The summed E-state index contributed by atoms with van der Waals surface area (Å²) in [6.45, 7) is 1.87. The Hall–Kier alpha value is -3.64. The number of halogens is 1. The molecule has 0 saturated heterocycles. The molecule has 1 aromatic heterocycles. The molecule has 0 atom stereocenters. The van der Waals surface area contributed by atoms with Crippen molar-refractivity contribution in [2.75, 3.05) is 11.9 Å². The van der Waals surface area contributed by atoms with E-state index in [1.165, 1.54) is 0 Å². The van der Waals surface area contributed by atoms with E-state index in [9.17, 15) is 4.79 Å². The lowest BCUT2D eigenvalue weighted by Gasteiger charge is -2.08. The van der Waals surface area contributed by atoms with Crippen LogP contribution in [0, 0.1) is 6.92 Å². The largest absolute Gasteiger partial charge is 0.484 e. The first-order valence-electron chi connectivity index (χ1n) is 9.26. The van der Waals surface area contributed by atoms with Crippen molar-refractivity contribution in [3.8, 4) is 28.6 Å². The van der Waals surface area contributed by atoms with Gasteiger partial charge in [0.1, 0.15) is 5.75 Å². The van der Waals surface area contributed by atoms with E-state index < -0.39 is 0 Å². The van der Waals surface area contributed by atoms with Crippen LogP contribution >= 0.6 is 11.6 Å². The number of aromatic nitrogens is 2. The van der Waals surface area contributed by atoms with E-state index >= 15 is 0 Å². The quantitative estimate of drug-likeness (QED) is 0.453. The second-order valence-electron chi connectivity index (χ2n) is 6.66. The normalized spacial score (nSPS) is 10.6. The van der Waals surface area contributed by atoms with Gasteiger partial charge in [-0.25, -0.2) is 0 Å². The summed E-state index contributed by atoms with van der Waals surface area (Å²) in [5, 5.41) is 7.41. The van der Waals surface area contributed by atoms with E-state index in [0.29, 0.717) is 28.2 Å². The second-order valence-corrected chi connectivity index (χ2v) is 7.10. The summed E-state index contributed by atoms with van der Waals surface area (Å²) in [4.78, 5) is 16.6. The molecule has 1 amide bonds. The van der Waals surface area contributed by atoms with Crippen LogP contribution in [0.1, 0.15) is 5.56 Å². The van der Waals surface area contributed by atoms with Gasteiger partial charge in [0.25, 0.3) is 11.8 Å². The third kappa shape index (κ3) is 4.85. The van der Waals surface area contributed by atoms with Crippen LogP contribution in [0.3, 0.4) is 0 Å². The molecule has 6 nitrogen and oxygen atoms in total. The summed E-state index contributed by atoms with van der Waals surface area (Å²) < 4.78 is 11.0. The van der Waals surface area contributed by atoms with Crippen molar-refractivity contribution in [1.29, 1.82) is 0 Å². The zero-order valence-corrected chi connectivity index (χ0v) is 16.9. The number of hydrogen-bond donors (Lipinski definition) is 1. The molecule has 4 aromatic rings. The van der Waals surface area contributed by atoms with Gasteiger partial charge in [0.2, 0.25) is 5.82 Å². The van der Waals surface area contributed by atoms with Crippen LogP contribution in [0.15, 0.2) is 77.3 Å². The lowest BCUT2D eigenvalue weighted by atomic mass is 10.1. The van der Waals surface area contributed by atoms with Crippen LogP contribution in [-0.4, -0.2) is 22.7 Å². The van der Waals surface area contributed by atoms with Crippen molar-refractivity contribution < 1.29 is 14.1 Å². The first-order chi connectivity index (χ1) is 14.6. The van der Waals surface area contributed by atoms with E-state index in [4.69, 9.17) is 20.9 Å². The molecule has 1 N–H and O–H groups in total. The van der Waals surface area contributed by atoms with Gasteiger partial charge in [0, 0.05) is 21.8 Å². The Morgan fingerprint density at radius 1 is 1.03 bits per heavy atom. The first-order valence-corrected chi connectivity index (χ1v) is 9.64. The average Bonchev–Trinajstić information content (AvgIpc) is 3.25. The fourth-order valence-corrected chi connectivity index (χ4v) is 2.97. The average molecular weight is 420 g/mol. The van der Waals surface area contributed by atoms with Crippen molar-refractivity contribution in [3.05, 3.63) is 83.4 Å². The Labute approximate surface area is 178 Å². The molecule has 0 aliphatic carbocycles. The summed E-state index contributed by atoms with van der Waals surface area (Å²) in [6.07, 6.45) is 0. The zero-order chi connectivity index (χ0) is 20.9. The molecule has 0 radical (unpaired) electrons. The third-order valence-corrected chi connectivity index (χ3v) is 4.53. The maximum Gasteiger partial charge on any atom is 0.262 e. The van der Waals surface area contributed by atoms with E-state index in [-0.39, 0.29) is 12.5 Å². The van der Waals surface area contributed by atoms with Gasteiger partial charge in [-0.3, -0.25) is 4.79 Å². The maximum atomic E-state index is 12.1. The highest BCUT2D eigenvalue weighted by atomic mass is 35.5. The lowest BCUT2D eigenvalue weighted by Crippen LogP contribution is -2.20. The molecular formula is C23H18ClN3O3. The second kappa shape index (κ2) is 8.80. The van der Waals surface area contributed by atoms with Gasteiger partial charge < -0.3 is 14.6 Å². The van der Waals surface area contributed by atoms with E-state index in [1.54, 1.807) is 36.4 Å². The monoisotopic (exact) mass is 419 g/mol. The minimum atomic E-state index is -0.274. The number of nitrogens with one attached hydrogen (secondary N) is 1. The summed E-state index contributed by atoms with van der Waals surface area (Å²) in [7, 11) is 0. The van der Waals surface area contributed by atoms with Crippen LogP contribution in [-0.2, 0) is 4.79 Å². The van der Waals surface area contributed by atoms with Crippen LogP contribution in [0.2, 0.25) is 5.02 Å². The molecule has 1 heterocycles. The molecule has 0 saturated carbocycles. The molecule has 4 rings (SSSR count). The molecule has 7 heteroatoms. The van der Waals surface area contributed by atoms with Crippen molar-refractivity contribution in [2.45, 2.75) is 6.92 Å². The molecule has 30 heavy (non-hydrogen) atoms. The van der Waals surface area contributed by atoms with Crippen molar-refractivity contribution in [2.24, 2.45) is 0 Å². The minimum absolute atomic E-state index is 0.132. The molecular weight excluding hydrogens is 402 g/mol. The molecule has 0 bridgehead atoms. The fraction of sp³-hybridized carbons (Fsp3) is 0.0870. The lowest BCUT2D eigenvalue weighted by molar-refractivity contribution is -0.118. The van der Waals surface area contributed by atoms with Gasteiger partial charge in [0.05, 0.1) is 0 Å². The van der Waals surface area contributed by atoms with Crippen LogP contribution in [0.4, 0.5) is 5.69 Å². The smallest absolute Gasteiger partial charge is 0.262 e. The van der Waals surface area contributed by atoms with Crippen molar-refractivity contribution in [1.82, 2.24) is 10.1 Å². The highest BCUT2D eigenvalue weighted by Gasteiger charge is 2.12. The summed E-state index contributed by atoms with van der Waals surface area (Å²) in [5.74, 6) is 1.15. The predicted octanol–water partition coefficient (Wildman–Crippen LogP) is 5.38. The highest BCUT2D eigenvalue weighted by molar-refractivity contribution is 6.30. The highest BCUT2D eigenvalue weighted by Crippen LogP contribution is 2.25. The van der Waals surface area contributed by atoms with Gasteiger partial charge in [-0.15, -0.1) is 0 Å². The van der Waals surface area contributed by atoms with Gasteiger partial charge in [-0.2, -0.15) is 4.98 Å². The van der Waals surface area contributed by atoms with Crippen LogP contribution < -0.4 is 10.1 Å². The van der Waals surface area contributed by atoms with Crippen molar-refractivity contribution in [3.63, 3.8) is 0 Å². The van der Waals surface area contributed by atoms with E-state index in [0.717, 1.165) is 16.7 Å². The standard InChI is InChI=1S/C23H18ClN3O3/c1-15-4-2-6-17(12-15)23-26-22(27-30-23)16-5-3-7-20(13-16)29-14-21(28)25-19-10-8-18(24)9-11-19/h2-13H,14H2,1H3,(H,25,28). The topological polar surface area (TPSA) is 77.2 Å². The number of hydrogen-bond acceptors (Lipinski definition) is 5. The summed E-state index contributed by atoms with van der Waals surface area (Å²) in [6, 6.07) is 21.9. The number of anilines is 1. The van der Waals surface area contributed by atoms with Crippen molar-refractivity contribution >= 4 is 23.2 Å². The molecule has 0 aliphatic heterocycles. The summed E-state index contributed by atoms with van der Waals surface area (Å²) >= 11 is 5.84. The number of amides is 1. The number of aryl methyl sites for hydroxylation is 1. The van der Waals surface area contributed by atoms with E-state index in [2.05, 4.69) is 15.5 Å². The predicted molar refractivity (Wildman–Crippen MR) is 115 cm³/mol. The number of carbonyl (C=O) groups is 1. The molecule has 0 aliphatic rings. The Morgan fingerprint density at radius 2 is 1.80 bits per heavy atom. The Bertz CT molecular complexity index is 1170.